The molecule has 2 atom stereocenters. The van der Waals surface area contributed by atoms with E-state index in [4.69, 9.17) is 0 Å². The summed E-state index contributed by atoms with van der Waals surface area (Å²) in [6.45, 7) is 6.60. The molecular weight excluding hydrogens is 304 g/mol. The second-order valence-electron chi connectivity index (χ2n) is 4.99. The SMILES string of the molecule is CCC(C)NCC(=O)NC(C)Cc1ccc(Br)cc1. The summed E-state index contributed by atoms with van der Waals surface area (Å²) in [6.07, 6.45) is 1.88. The topological polar surface area (TPSA) is 41.1 Å². The molecule has 2 N–H and O–H groups in total. The van der Waals surface area contributed by atoms with Crippen LogP contribution in [0.25, 0.3) is 0 Å². The Morgan fingerprint density at radius 1 is 1.21 bits per heavy atom. The Balaban J connectivity index is 2.32. The molecule has 0 saturated carbocycles. The van der Waals surface area contributed by atoms with E-state index in [9.17, 15) is 4.79 Å². The number of rotatable bonds is 7. The highest BCUT2D eigenvalue weighted by molar-refractivity contribution is 9.10. The third-order valence-corrected chi connectivity index (χ3v) is 3.61. The van der Waals surface area contributed by atoms with Crippen LogP contribution >= 0.6 is 15.9 Å². The number of hydrogen-bond donors (Lipinski definition) is 2. The van der Waals surface area contributed by atoms with Crippen molar-refractivity contribution in [2.24, 2.45) is 0 Å². The molecule has 106 valence electrons. The van der Waals surface area contributed by atoms with Gasteiger partial charge in [0.25, 0.3) is 0 Å². The Bertz CT molecular complexity index is 392. The van der Waals surface area contributed by atoms with Crippen molar-refractivity contribution in [1.82, 2.24) is 10.6 Å². The van der Waals surface area contributed by atoms with Crippen LogP contribution in [-0.2, 0) is 11.2 Å². The van der Waals surface area contributed by atoms with Gasteiger partial charge in [-0.3, -0.25) is 4.79 Å². The molecule has 0 radical (unpaired) electrons. The minimum atomic E-state index is 0.0601. The summed E-state index contributed by atoms with van der Waals surface area (Å²) in [5, 5.41) is 6.20. The molecule has 1 aromatic rings. The van der Waals surface area contributed by atoms with Gasteiger partial charge in [0.1, 0.15) is 0 Å². The van der Waals surface area contributed by atoms with Crippen molar-refractivity contribution in [3.05, 3.63) is 34.3 Å². The van der Waals surface area contributed by atoms with Gasteiger partial charge in [0, 0.05) is 16.6 Å². The van der Waals surface area contributed by atoms with Gasteiger partial charge >= 0.3 is 0 Å². The van der Waals surface area contributed by atoms with E-state index in [1.54, 1.807) is 0 Å². The molecule has 0 aromatic heterocycles. The van der Waals surface area contributed by atoms with Gasteiger partial charge in [0.05, 0.1) is 6.54 Å². The third kappa shape index (κ3) is 6.73. The Morgan fingerprint density at radius 3 is 2.42 bits per heavy atom. The lowest BCUT2D eigenvalue weighted by Crippen LogP contribution is -2.42. The summed E-state index contributed by atoms with van der Waals surface area (Å²) >= 11 is 3.41. The van der Waals surface area contributed by atoms with Crippen LogP contribution in [0.1, 0.15) is 32.8 Å². The van der Waals surface area contributed by atoms with E-state index in [-0.39, 0.29) is 11.9 Å². The van der Waals surface area contributed by atoms with E-state index in [1.807, 2.05) is 19.1 Å². The average molecular weight is 327 g/mol. The molecule has 1 amide bonds. The van der Waals surface area contributed by atoms with Gasteiger partial charge in [-0.1, -0.05) is 35.0 Å². The molecule has 0 aliphatic carbocycles. The molecule has 3 nitrogen and oxygen atoms in total. The molecule has 0 spiro atoms. The van der Waals surface area contributed by atoms with Crippen LogP contribution in [0.3, 0.4) is 0 Å². The summed E-state index contributed by atoms with van der Waals surface area (Å²) in [5.41, 5.74) is 1.23. The fourth-order valence-electron chi connectivity index (χ4n) is 1.76. The zero-order chi connectivity index (χ0) is 14.3. The maximum Gasteiger partial charge on any atom is 0.234 e. The molecule has 1 rings (SSSR count). The second-order valence-corrected chi connectivity index (χ2v) is 5.91. The van der Waals surface area contributed by atoms with Crippen molar-refractivity contribution in [1.29, 1.82) is 0 Å². The van der Waals surface area contributed by atoms with Gasteiger partial charge in [-0.15, -0.1) is 0 Å². The number of hydrogen-bond acceptors (Lipinski definition) is 2. The van der Waals surface area contributed by atoms with Crippen molar-refractivity contribution in [3.63, 3.8) is 0 Å². The Kier molecular flexibility index (Phi) is 7.10. The number of amides is 1. The first-order valence-electron chi connectivity index (χ1n) is 6.78. The van der Waals surface area contributed by atoms with Crippen LogP contribution in [0.2, 0.25) is 0 Å². The highest BCUT2D eigenvalue weighted by Gasteiger charge is 2.09. The zero-order valence-electron chi connectivity index (χ0n) is 11.9. The third-order valence-electron chi connectivity index (χ3n) is 3.09. The lowest BCUT2D eigenvalue weighted by molar-refractivity contribution is -0.120. The Labute approximate surface area is 124 Å². The lowest BCUT2D eigenvalue weighted by atomic mass is 10.1. The molecule has 0 aliphatic rings. The first-order chi connectivity index (χ1) is 9.01. The van der Waals surface area contributed by atoms with Crippen LogP contribution in [0.15, 0.2) is 28.7 Å². The van der Waals surface area contributed by atoms with Gasteiger partial charge in [0.2, 0.25) is 5.91 Å². The van der Waals surface area contributed by atoms with Crippen molar-refractivity contribution in [2.75, 3.05) is 6.54 Å². The molecule has 2 unspecified atom stereocenters. The fourth-order valence-corrected chi connectivity index (χ4v) is 2.03. The normalized spacial score (nSPS) is 13.9. The van der Waals surface area contributed by atoms with Crippen molar-refractivity contribution in [2.45, 2.75) is 45.7 Å². The first kappa shape index (κ1) is 16.2. The molecule has 0 fully saturated rings. The van der Waals surface area contributed by atoms with Gasteiger partial charge in [0.15, 0.2) is 0 Å². The van der Waals surface area contributed by atoms with Gasteiger partial charge in [-0.05, 0) is 44.4 Å². The van der Waals surface area contributed by atoms with Crippen LogP contribution in [0.5, 0.6) is 0 Å². The predicted octanol–water partition coefficient (Wildman–Crippen LogP) is 2.88. The van der Waals surface area contributed by atoms with E-state index >= 15 is 0 Å². The standard InChI is InChI=1S/C15H23BrN2O/c1-4-11(2)17-10-15(19)18-12(3)9-13-5-7-14(16)8-6-13/h5-8,11-12,17H,4,9-10H2,1-3H3,(H,18,19). The number of carbonyl (C=O) groups is 1. The van der Waals surface area contributed by atoms with E-state index in [0.29, 0.717) is 12.6 Å². The van der Waals surface area contributed by atoms with Gasteiger partial charge < -0.3 is 10.6 Å². The lowest BCUT2D eigenvalue weighted by Gasteiger charge is -2.16. The summed E-state index contributed by atoms with van der Waals surface area (Å²) in [4.78, 5) is 11.7. The van der Waals surface area contributed by atoms with Crippen LogP contribution in [-0.4, -0.2) is 24.5 Å². The summed E-state index contributed by atoms with van der Waals surface area (Å²) in [6, 6.07) is 8.72. The molecular formula is C15H23BrN2O. The molecule has 0 bridgehead atoms. The average Bonchev–Trinajstić information content (AvgIpc) is 2.38. The minimum Gasteiger partial charge on any atom is -0.352 e. The van der Waals surface area contributed by atoms with E-state index in [1.165, 1.54) is 5.56 Å². The quantitative estimate of drug-likeness (QED) is 0.808. The molecule has 19 heavy (non-hydrogen) atoms. The van der Waals surface area contributed by atoms with E-state index in [0.717, 1.165) is 17.3 Å². The maximum atomic E-state index is 11.7. The number of benzene rings is 1. The molecule has 0 saturated heterocycles. The molecule has 0 aliphatic heterocycles. The number of carbonyl (C=O) groups excluding carboxylic acids is 1. The summed E-state index contributed by atoms with van der Waals surface area (Å²) in [5.74, 6) is 0.0601. The highest BCUT2D eigenvalue weighted by atomic mass is 79.9. The van der Waals surface area contributed by atoms with Crippen molar-refractivity contribution < 1.29 is 4.79 Å². The summed E-state index contributed by atoms with van der Waals surface area (Å²) in [7, 11) is 0. The first-order valence-corrected chi connectivity index (χ1v) is 7.57. The van der Waals surface area contributed by atoms with Crippen LogP contribution in [0, 0.1) is 0 Å². The highest BCUT2D eigenvalue weighted by Crippen LogP contribution is 2.11. The van der Waals surface area contributed by atoms with E-state index in [2.05, 4.69) is 52.5 Å². The second kappa shape index (κ2) is 8.33. The molecule has 4 heteroatoms. The largest absolute Gasteiger partial charge is 0.352 e. The monoisotopic (exact) mass is 326 g/mol. The fraction of sp³-hybridized carbons (Fsp3) is 0.533. The van der Waals surface area contributed by atoms with Gasteiger partial charge in [-0.2, -0.15) is 0 Å². The van der Waals surface area contributed by atoms with Crippen molar-refractivity contribution in [3.8, 4) is 0 Å². The number of halogens is 1. The molecule has 0 heterocycles. The predicted molar refractivity (Wildman–Crippen MR) is 83.2 cm³/mol. The minimum absolute atomic E-state index is 0.0601. The maximum absolute atomic E-state index is 11.7. The van der Waals surface area contributed by atoms with Crippen LogP contribution in [0.4, 0.5) is 0 Å². The summed E-state index contributed by atoms with van der Waals surface area (Å²) < 4.78 is 1.07. The molecule has 1 aromatic carbocycles. The van der Waals surface area contributed by atoms with Gasteiger partial charge in [-0.25, -0.2) is 0 Å². The number of nitrogens with one attached hydrogen (secondary N) is 2. The van der Waals surface area contributed by atoms with Crippen molar-refractivity contribution >= 4 is 21.8 Å². The smallest absolute Gasteiger partial charge is 0.234 e. The van der Waals surface area contributed by atoms with E-state index < -0.39 is 0 Å². The zero-order valence-corrected chi connectivity index (χ0v) is 13.5. The Morgan fingerprint density at radius 2 is 1.84 bits per heavy atom. The Hall–Kier alpha value is -0.870. The van der Waals surface area contributed by atoms with Crippen LogP contribution < -0.4 is 10.6 Å².